The van der Waals surface area contributed by atoms with E-state index >= 15 is 0 Å². The number of anilines is 1. The fraction of sp³-hybridized carbons (Fsp3) is 0.150. The number of aliphatic imine (C=N–C) groups is 1. The van der Waals surface area contributed by atoms with E-state index in [9.17, 15) is 4.79 Å². The molecular weight excluding hydrogens is 380 g/mol. The predicted molar refractivity (Wildman–Crippen MR) is 115 cm³/mol. The minimum atomic E-state index is -0.102. The molecule has 0 saturated carbocycles. The number of amidine groups is 1. The van der Waals surface area contributed by atoms with Crippen molar-refractivity contribution in [1.29, 1.82) is 0 Å². The Kier molecular flexibility index (Phi) is 5.98. The quantitative estimate of drug-likeness (QED) is 0.420. The molecule has 2 aromatic rings. The third kappa shape index (κ3) is 4.40. The maximum Gasteiger partial charge on any atom is 0.267 e. The molecule has 2 heterocycles. The van der Waals surface area contributed by atoms with E-state index in [0.29, 0.717) is 27.5 Å². The summed E-state index contributed by atoms with van der Waals surface area (Å²) in [5.74, 6) is -0.102. The molecule has 1 aromatic carbocycles. The van der Waals surface area contributed by atoms with E-state index in [-0.39, 0.29) is 5.91 Å². The molecule has 5 nitrogen and oxygen atoms in total. The number of aromatic nitrogens is 1. The van der Waals surface area contributed by atoms with Crippen molar-refractivity contribution < 1.29 is 4.79 Å². The molecule has 1 fully saturated rings. The average Bonchev–Trinajstić information content (AvgIpc) is 2.93. The fourth-order valence-electron chi connectivity index (χ4n) is 2.47. The minimum Gasteiger partial charge on any atom is -0.378 e. The number of hydrogen-bond donors (Lipinski definition) is 0. The van der Waals surface area contributed by atoms with Gasteiger partial charge >= 0.3 is 0 Å². The largest absolute Gasteiger partial charge is 0.378 e. The van der Waals surface area contributed by atoms with Gasteiger partial charge in [-0.3, -0.25) is 9.69 Å². The van der Waals surface area contributed by atoms with Crippen LogP contribution in [0.15, 0.2) is 65.1 Å². The Labute approximate surface area is 168 Å². The first-order valence-corrected chi connectivity index (χ1v) is 9.48. The summed E-state index contributed by atoms with van der Waals surface area (Å²) in [6.45, 7) is 4.11. The summed E-state index contributed by atoms with van der Waals surface area (Å²) >= 11 is 7.42. The van der Waals surface area contributed by atoms with Gasteiger partial charge < -0.3 is 4.90 Å². The number of carbonyl (C=O) groups is 1. The Hall–Kier alpha value is -2.57. The van der Waals surface area contributed by atoms with Gasteiger partial charge in [0.1, 0.15) is 5.69 Å². The Morgan fingerprint density at radius 1 is 1.30 bits per heavy atom. The molecule has 1 aliphatic rings. The number of rotatable bonds is 5. The molecule has 1 amide bonds. The Bertz CT molecular complexity index is 922. The van der Waals surface area contributed by atoms with Gasteiger partial charge in [0.15, 0.2) is 10.3 Å². The molecule has 0 N–H and O–H groups in total. The van der Waals surface area contributed by atoms with Crippen LogP contribution in [0, 0.1) is 0 Å². The molecule has 1 aromatic heterocycles. The number of nitrogens with zero attached hydrogens (tertiary/aromatic N) is 4. The average molecular weight is 399 g/mol. The van der Waals surface area contributed by atoms with E-state index in [4.69, 9.17) is 11.6 Å². The second-order valence-electron chi connectivity index (χ2n) is 6.01. The molecular formula is C20H19ClN4OS. The highest BCUT2D eigenvalue weighted by Crippen LogP contribution is 2.35. The van der Waals surface area contributed by atoms with Gasteiger partial charge in [0.2, 0.25) is 0 Å². The maximum atomic E-state index is 12.8. The summed E-state index contributed by atoms with van der Waals surface area (Å²) in [4.78, 5) is 25.6. The van der Waals surface area contributed by atoms with E-state index in [1.54, 1.807) is 29.3 Å². The molecule has 0 aliphatic carbocycles. The van der Waals surface area contributed by atoms with Crippen molar-refractivity contribution in [1.82, 2.24) is 9.88 Å². The van der Waals surface area contributed by atoms with E-state index in [1.165, 1.54) is 11.8 Å². The molecule has 0 spiro atoms. The summed E-state index contributed by atoms with van der Waals surface area (Å²) in [5, 5.41) is 0.860. The van der Waals surface area contributed by atoms with Crippen molar-refractivity contribution in [2.24, 2.45) is 4.99 Å². The van der Waals surface area contributed by atoms with Gasteiger partial charge in [-0.1, -0.05) is 29.8 Å². The molecule has 1 aliphatic heterocycles. The van der Waals surface area contributed by atoms with Crippen molar-refractivity contribution in [2.45, 2.75) is 0 Å². The van der Waals surface area contributed by atoms with Gasteiger partial charge in [-0.05, 0) is 47.7 Å². The molecule has 3 rings (SSSR count). The summed E-state index contributed by atoms with van der Waals surface area (Å²) in [6.07, 6.45) is 5.15. The van der Waals surface area contributed by atoms with E-state index in [2.05, 4.69) is 16.6 Å². The molecule has 0 radical (unpaired) electrons. The lowest BCUT2D eigenvalue weighted by Gasteiger charge is -2.12. The van der Waals surface area contributed by atoms with Crippen LogP contribution in [-0.2, 0) is 4.79 Å². The van der Waals surface area contributed by atoms with Crippen LogP contribution in [0.3, 0.4) is 0 Å². The highest BCUT2D eigenvalue weighted by atomic mass is 35.5. The van der Waals surface area contributed by atoms with Crippen molar-refractivity contribution in [3.8, 4) is 0 Å². The van der Waals surface area contributed by atoms with Crippen molar-refractivity contribution >= 4 is 51.9 Å². The Balaban J connectivity index is 1.93. The Morgan fingerprint density at radius 2 is 2.04 bits per heavy atom. The van der Waals surface area contributed by atoms with Gasteiger partial charge in [-0.15, -0.1) is 6.58 Å². The first-order valence-electron chi connectivity index (χ1n) is 8.28. The molecule has 0 atom stereocenters. The maximum absolute atomic E-state index is 12.8. The number of benzene rings is 1. The molecule has 0 bridgehead atoms. The van der Waals surface area contributed by atoms with Crippen LogP contribution in [0.2, 0.25) is 5.15 Å². The zero-order valence-corrected chi connectivity index (χ0v) is 16.7. The number of carbonyl (C=O) groups excluding carboxylic acids is 1. The lowest BCUT2D eigenvalue weighted by molar-refractivity contribution is -0.121. The number of halogens is 1. The van der Waals surface area contributed by atoms with Gasteiger partial charge in [0.05, 0.1) is 4.91 Å². The minimum absolute atomic E-state index is 0.102. The predicted octanol–water partition coefficient (Wildman–Crippen LogP) is 4.59. The van der Waals surface area contributed by atoms with Gasteiger partial charge in [0, 0.05) is 32.5 Å². The van der Waals surface area contributed by atoms with Gasteiger partial charge in [0.25, 0.3) is 5.91 Å². The number of hydrogen-bond acceptors (Lipinski definition) is 5. The van der Waals surface area contributed by atoms with E-state index < -0.39 is 0 Å². The third-order valence-corrected chi connectivity index (χ3v) is 5.16. The number of thioether (sulfide) groups is 1. The summed E-state index contributed by atoms with van der Waals surface area (Å²) in [6, 6.07) is 11.5. The summed E-state index contributed by atoms with van der Waals surface area (Å²) in [7, 11) is 3.98. The number of amides is 1. The van der Waals surface area contributed by atoms with Crippen LogP contribution in [0.25, 0.3) is 6.08 Å². The normalized spacial score (nSPS) is 17.0. The second kappa shape index (κ2) is 8.41. The van der Waals surface area contributed by atoms with Crippen LogP contribution in [0.5, 0.6) is 0 Å². The number of pyridine rings is 1. The summed E-state index contributed by atoms with van der Waals surface area (Å²) < 4.78 is 0. The zero-order chi connectivity index (χ0) is 19.4. The molecule has 0 unspecified atom stereocenters. The van der Waals surface area contributed by atoms with E-state index in [0.717, 1.165) is 11.3 Å². The highest BCUT2D eigenvalue weighted by Gasteiger charge is 2.32. The Morgan fingerprint density at radius 3 is 2.67 bits per heavy atom. The van der Waals surface area contributed by atoms with Crippen LogP contribution in [-0.4, -0.2) is 41.6 Å². The van der Waals surface area contributed by atoms with E-state index in [1.807, 2.05) is 49.3 Å². The molecule has 7 heteroatoms. The SMILES string of the molecule is C=CCN1C(=O)/C(=C/c2ccc(N(C)C)cc2)SC1=Nc1cccnc1Cl. The van der Waals surface area contributed by atoms with Crippen LogP contribution in [0.1, 0.15) is 5.56 Å². The molecule has 1 saturated heterocycles. The molecule has 27 heavy (non-hydrogen) atoms. The van der Waals surface area contributed by atoms with Gasteiger partial charge in [-0.25, -0.2) is 9.98 Å². The van der Waals surface area contributed by atoms with Crippen LogP contribution in [0.4, 0.5) is 11.4 Å². The highest BCUT2D eigenvalue weighted by molar-refractivity contribution is 8.18. The monoisotopic (exact) mass is 398 g/mol. The van der Waals surface area contributed by atoms with Gasteiger partial charge in [-0.2, -0.15) is 0 Å². The summed E-state index contributed by atoms with van der Waals surface area (Å²) in [5.41, 5.74) is 2.58. The lowest BCUT2D eigenvalue weighted by Crippen LogP contribution is -2.29. The lowest BCUT2D eigenvalue weighted by atomic mass is 10.2. The zero-order valence-electron chi connectivity index (χ0n) is 15.1. The first kappa shape index (κ1) is 19.2. The van der Waals surface area contributed by atoms with Crippen molar-refractivity contribution in [2.75, 3.05) is 25.5 Å². The van der Waals surface area contributed by atoms with Crippen LogP contribution >= 0.6 is 23.4 Å². The first-order chi connectivity index (χ1) is 13.0. The topological polar surface area (TPSA) is 48.8 Å². The van der Waals surface area contributed by atoms with Crippen molar-refractivity contribution in [3.63, 3.8) is 0 Å². The molecule has 138 valence electrons. The van der Waals surface area contributed by atoms with Crippen LogP contribution < -0.4 is 4.90 Å². The second-order valence-corrected chi connectivity index (χ2v) is 7.38. The third-order valence-electron chi connectivity index (χ3n) is 3.86. The fourth-order valence-corrected chi connectivity index (χ4v) is 3.63. The van der Waals surface area contributed by atoms with Crippen molar-refractivity contribution in [3.05, 3.63) is 70.9 Å². The smallest absolute Gasteiger partial charge is 0.267 e. The standard InChI is InChI=1S/C20H19ClN4OS/c1-4-12-25-19(26)17(13-14-7-9-15(10-8-14)24(2)3)27-20(25)23-16-6-5-11-22-18(16)21/h4-11,13H,1,12H2,2-3H3/b17-13-,23-20?.